The van der Waals surface area contributed by atoms with Gasteiger partial charge in [-0.05, 0) is 12.1 Å². The van der Waals surface area contributed by atoms with Crippen molar-refractivity contribution in [3.8, 4) is 11.8 Å². The lowest BCUT2D eigenvalue weighted by Crippen LogP contribution is -2.01. The van der Waals surface area contributed by atoms with E-state index in [9.17, 15) is 5.26 Å². The van der Waals surface area contributed by atoms with Crippen LogP contribution in [0.25, 0.3) is 16.7 Å². The van der Waals surface area contributed by atoms with E-state index >= 15 is 0 Å². The fourth-order valence-corrected chi connectivity index (χ4v) is 2.47. The molecule has 0 bridgehead atoms. The van der Waals surface area contributed by atoms with Crippen LogP contribution in [0.4, 0.5) is 0 Å². The Hall–Kier alpha value is -2.32. The number of hydrogen-bond acceptors (Lipinski definition) is 3. The number of alkyl halides is 1. The average Bonchev–Trinajstić information content (AvgIpc) is 3.01. The van der Waals surface area contributed by atoms with Crippen LogP contribution < -0.4 is 0 Å². The van der Waals surface area contributed by atoms with Gasteiger partial charge in [0, 0.05) is 25.5 Å². The van der Waals surface area contributed by atoms with Crippen molar-refractivity contribution in [3.63, 3.8) is 0 Å². The van der Waals surface area contributed by atoms with Crippen LogP contribution >= 0.6 is 11.6 Å². The van der Waals surface area contributed by atoms with Crippen LogP contribution in [0.2, 0.25) is 0 Å². The Bertz CT molecular complexity index is 809. The summed E-state index contributed by atoms with van der Waals surface area (Å²) in [7, 11) is 1.87. The second-order valence-corrected chi connectivity index (χ2v) is 4.84. The summed E-state index contributed by atoms with van der Waals surface area (Å²) in [6.07, 6.45) is 4.33. The summed E-state index contributed by atoms with van der Waals surface area (Å²) < 4.78 is 3.74. The molecule has 0 radical (unpaired) electrons. The Morgan fingerprint density at radius 3 is 2.90 bits per heavy atom. The van der Waals surface area contributed by atoms with Crippen LogP contribution in [0.1, 0.15) is 11.4 Å². The second kappa shape index (κ2) is 4.99. The van der Waals surface area contributed by atoms with Crippen molar-refractivity contribution in [1.82, 2.24) is 19.3 Å². The maximum atomic E-state index is 9.20. The first kappa shape index (κ1) is 12.7. The normalized spacial score (nSPS) is 10.8. The Morgan fingerprint density at radius 2 is 2.25 bits per heavy atom. The number of hydrogen-bond donors (Lipinski definition) is 0. The monoisotopic (exact) mass is 285 g/mol. The highest BCUT2D eigenvalue weighted by Crippen LogP contribution is 2.24. The van der Waals surface area contributed by atoms with Gasteiger partial charge in [-0.3, -0.25) is 9.25 Å². The quantitative estimate of drug-likeness (QED) is 0.694. The molecule has 2 aromatic heterocycles. The van der Waals surface area contributed by atoms with Crippen LogP contribution in [0.15, 0.2) is 30.6 Å². The van der Waals surface area contributed by atoms with Crippen molar-refractivity contribution >= 4 is 22.6 Å². The molecule has 3 rings (SSSR count). The topological polar surface area (TPSA) is 59.4 Å². The molecular weight excluding hydrogens is 274 g/mol. The number of halogens is 1. The summed E-state index contributed by atoms with van der Waals surface area (Å²) in [5.74, 6) is 1.32. The Kier molecular flexibility index (Phi) is 3.17. The van der Waals surface area contributed by atoms with Crippen LogP contribution in [0.3, 0.4) is 0 Å². The molecule has 2 heterocycles. The minimum absolute atomic E-state index is 0.478. The van der Waals surface area contributed by atoms with Gasteiger partial charge in [0.1, 0.15) is 17.4 Å². The first-order valence-corrected chi connectivity index (χ1v) is 6.73. The predicted molar refractivity (Wildman–Crippen MR) is 77.0 cm³/mol. The number of rotatable bonds is 3. The van der Waals surface area contributed by atoms with Gasteiger partial charge < -0.3 is 0 Å². The fraction of sp³-hybridized carbons (Fsp3) is 0.214. The van der Waals surface area contributed by atoms with E-state index in [1.165, 1.54) is 0 Å². The highest BCUT2D eigenvalue weighted by Gasteiger charge is 2.15. The van der Waals surface area contributed by atoms with Gasteiger partial charge in [0.25, 0.3) is 0 Å². The lowest BCUT2D eigenvalue weighted by atomic mass is 10.2. The summed E-state index contributed by atoms with van der Waals surface area (Å²) >= 11 is 5.86. The Labute approximate surface area is 121 Å². The number of nitriles is 1. The highest BCUT2D eigenvalue weighted by atomic mass is 35.5. The van der Waals surface area contributed by atoms with E-state index in [4.69, 9.17) is 11.6 Å². The molecule has 0 N–H and O–H groups in total. The van der Waals surface area contributed by atoms with E-state index in [1.807, 2.05) is 29.9 Å². The van der Waals surface area contributed by atoms with E-state index in [-0.39, 0.29) is 0 Å². The Morgan fingerprint density at radius 1 is 1.40 bits per heavy atom. The van der Waals surface area contributed by atoms with Gasteiger partial charge in [-0.2, -0.15) is 10.4 Å². The SMILES string of the molecule is Cn1cc(-n2c(CCCl)nc3c(C#N)cccc32)cn1. The zero-order valence-electron chi connectivity index (χ0n) is 10.9. The molecular formula is C14H12ClN5. The lowest BCUT2D eigenvalue weighted by molar-refractivity contribution is 0.767. The number of imidazole rings is 1. The number of para-hydroxylation sites is 1. The number of fused-ring (bicyclic) bond motifs is 1. The van der Waals surface area contributed by atoms with E-state index in [2.05, 4.69) is 16.2 Å². The third-order valence-electron chi connectivity index (χ3n) is 3.14. The van der Waals surface area contributed by atoms with Crippen LogP contribution in [0, 0.1) is 11.3 Å². The molecule has 0 aliphatic rings. The fourth-order valence-electron chi connectivity index (χ4n) is 2.30. The number of aryl methyl sites for hydroxylation is 2. The van der Waals surface area contributed by atoms with E-state index < -0.39 is 0 Å². The van der Waals surface area contributed by atoms with Gasteiger partial charge in [-0.1, -0.05) is 6.07 Å². The third-order valence-corrected chi connectivity index (χ3v) is 3.33. The smallest absolute Gasteiger partial charge is 0.115 e. The summed E-state index contributed by atoms with van der Waals surface area (Å²) in [5.41, 5.74) is 3.10. The molecule has 0 aliphatic heterocycles. The van der Waals surface area contributed by atoms with E-state index in [1.54, 1.807) is 16.9 Å². The zero-order valence-corrected chi connectivity index (χ0v) is 11.7. The highest BCUT2D eigenvalue weighted by molar-refractivity contribution is 6.17. The average molecular weight is 286 g/mol. The maximum absolute atomic E-state index is 9.20. The molecule has 0 unspecified atom stereocenters. The van der Waals surface area contributed by atoms with Crippen molar-refractivity contribution in [2.24, 2.45) is 7.05 Å². The van der Waals surface area contributed by atoms with Crippen molar-refractivity contribution in [1.29, 1.82) is 5.26 Å². The number of benzene rings is 1. The van der Waals surface area contributed by atoms with Gasteiger partial charge in [0.2, 0.25) is 0 Å². The molecule has 20 heavy (non-hydrogen) atoms. The Balaban J connectivity index is 2.33. The van der Waals surface area contributed by atoms with Crippen molar-refractivity contribution in [2.45, 2.75) is 6.42 Å². The van der Waals surface area contributed by atoms with Gasteiger partial charge in [0.05, 0.1) is 23.0 Å². The van der Waals surface area contributed by atoms with Crippen molar-refractivity contribution in [2.75, 3.05) is 5.88 Å². The van der Waals surface area contributed by atoms with Crippen LogP contribution in [-0.4, -0.2) is 25.2 Å². The molecule has 0 saturated carbocycles. The molecule has 0 spiro atoms. The number of nitrogens with zero attached hydrogens (tertiary/aromatic N) is 5. The summed E-state index contributed by atoms with van der Waals surface area (Å²) in [4.78, 5) is 4.58. The minimum Gasteiger partial charge on any atom is -0.293 e. The number of aromatic nitrogens is 4. The first-order chi connectivity index (χ1) is 9.74. The summed E-state index contributed by atoms with van der Waals surface area (Å²) in [6, 6.07) is 7.76. The molecule has 0 fully saturated rings. The van der Waals surface area contributed by atoms with Gasteiger partial charge in [-0.25, -0.2) is 4.98 Å². The maximum Gasteiger partial charge on any atom is 0.115 e. The molecule has 0 aliphatic carbocycles. The lowest BCUT2D eigenvalue weighted by Gasteiger charge is -2.04. The van der Waals surface area contributed by atoms with Gasteiger partial charge >= 0.3 is 0 Å². The van der Waals surface area contributed by atoms with E-state index in [0.29, 0.717) is 23.4 Å². The standard InChI is InChI=1S/C14H12ClN5/c1-19-9-11(8-17-19)20-12-4-2-3-10(7-16)14(12)18-13(20)5-6-15/h2-4,8-9H,5-6H2,1H3. The summed E-state index contributed by atoms with van der Waals surface area (Å²) in [5, 5.41) is 13.4. The van der Waals surface area contributed by atoms with Crippen LogP contribution in [-0.2, 0) is 13.5 Å². The van der Waals surface area contributed by atoms with Crippen molar-refractivity contribution < 1.29 is 0 Å². The first-order valence-electron chi connectivity index (χ1n) is 6.20. The molecule has 0 saturated heterocycles. The van der Waals surface area contributed by atoms with Crippen molar-refractivity contribution in [3.05, 3.63) is 42.0 Å². The van der Waals surface area contributed by atoms with Gasteiger partial charge in [0.15, 0.2) is 0 Å². The molecule has 5 nitrogen and oxygen atoms in total. The summed E-state index contributed by atoms with van der Waals surface area (Å²) in [6.45, 7) is 0. The van der Waals surface area contributed by atoms with Crippen LogP contribution in [0.5, 0.6) is 0 Å². The molecule has 6 heteroatoms. The zero-order chi connectivity index (χ0) is 14.1. The molecule has 100 valence electrons. The molecule has 0 amide bonds. The largest absolute Gasteiger partial charge is 0.293 e. The van der Waals surface area contributed by atoms with Gasteiger partial charge in [-0.15, -0.1) is 11.6 Å². The van der Waals surface area contributed by atoms with E-state index in [0.717, 1.165) is 17.0 Å². The molecule has 1 aromatic carbocycles. The predicted octanol–water partition coefficient (Wildman–Crippen LogP) is 2.41. The third kappa shape index (κ3) is 1.95. The molecule has 3 aromatic rings. The second-order valence-electron chi connectivity index (χ2n) is 4.46. The molecule has 0 atom stereocenters. The minimum atomic E-state index is 0.478.